The Bertz CT molecular complexity index is 466. The van der Waals surface area contributed by atoms with Crippen LogP contribution in [0.4, 0.5) is 5.69 Å². The Morgan fingerprint density at radius 2 is 1.78 bits per heavy atom. The zero-order valence-corrected chi connectivity index (χ0v) is 11.1. The summed E-state index contributed by atoms with van der Waals surface area (Å²) in [6.45, 7) is 3.41. The van der Waals surface area contributed by atoms with Gasteiger partial charge in [-0.15, -0.1) is 0 Å². The third kappa shape index (κ3) is 3.41. The van der Waals surface area contributed by atoms with Crippen molar-refractivity contribution in [1.29, 1.82) is 0 Å². The second kappa shape index (κ2) is 6.31. The number of hydrogen-bond acceptors (Lipinski definition) is 2. The van der Waals surface area contributed by atoms with Gasteiger partial charge in [0.05, 0.1) is 5.02 Å². The fourth-order valence-electron chi connectivity index (χ4n) is 1.68. The Hall–Kier alpha value is -1.67. The zero-order chi connectivity index (χ0) is 12.8. The van der Waals surface area contributed by atoms with E-state index >= 15 is 0 Å². The summed E-state index contributed by atoms with van der Waals surface area (Å²) in [6, 6.07) is 15.7. The van der Waals surface area contributed by atoms with Crippen LogP contribution < -0.4 is 10.1 Å². The Morgan fingerprint density at radius 3 is 2.56 bits per heavy atom. The van der Waals surface area contributed by atoms with Crippen LogP contribution in [-0.4, -0.2) is 13.2 Å². The summed E-state index contributed by atoms with van der Waals surface area (Å²) < 4.78 is 5.60. The quantitative estimate of drug-likeness (QED) is 0.817. The number of nitrogens with one attached hydrogen (secondary N) is 1. The average Bonchev–Trinajstić information content (AvgIpc) is 2.38. The van der Waals surface area contributed by atoms with Gasteiger partial charge in [0, 0.05) is 12.2 Å². The third-order valence-electron chi connectivity index (χ3n) is 2.66. The van der Waals surface area contributed by atoms with Crippen LogP contribution in [0.15, 0.2) is 48.5 Å². The molecule has 1 N–H and O–H groups in total. The fraction of sp³-hybridized carbons (Fsp3) is 0.200. The average molecular weight is 262 g/mol. The number of anilines is 1. The normalized spacial score (nSPS) is 10.1. The summed E-state index contributed by atoms with van der Waals surface area (Å²) in [5.41, 5.74) is 2.37. The van der Waals surface area contributed by atoms with Crippen molar-refractivity contribution < 1.29 is 4.74 Å². The maximum absolute atomic E-state index is 6.00. The summed E-state index contributed by atoms with van der Waals surface area (Å²) in [5.74, 6) is 0.728. The molecule has 0 unspecified atom stereocenters. The molecule has 0 radical (unpaired) electrons. The Kier molecular flexibility index (Phi) is 4.48. The predicted octanol–water partition coefficient (Wildman–Crippen LogP) is 4.14. The van der Waals surface area contributed by atoms with Crippen molar-refractivity contribution >= 4 is 17.3 Å². The van der Waals surface area contributed by atoms with Crippen molar-refractivity contribution in [3.05, 3.63) is 59.1 Å². The Morgan fingerprint density at radius 1 is 1.06 bits per heavy atom. The lowest BCUT2D eigenvalue weighted by Crippen LogP contribution is -2.12. The Labute approximate surface area is 113 Å². The van der Waals surface area contributed by atoms with Crippen molar-refractivity contribution in [2.45, 2.75) is 6.92 Å². The SMILES string of the molecule is Cc1ccccc1NCCOc1ccccc1Cl. The molecule has 94 valence electrons. The molecule has 0 aliphatic carbocycles. The number of benzene rings is 2. The molecule has 0 spiro atoms. The lowest BCUT2D eigenvalue weighted by atomic mass is 10.2. The molecule has 0 saturated heterocycles. The van der Waals surface area contributed by atoms with Gasteiger partial charge in [-0.1, -0.05) is 41.9 Å². The summed E-state index contributed by atoms with van der Waals surface area (Å²) in [5, 5.41) is 3.98. The van der Waals surface area contributed by atoms with E-state index in [2.05, 4.69) is 24.4 Å². The molecule has 2 aromatic carbocycles. The molecule has 0 amide bonds. The number of para-hydroxylation sites is 2. The highest BCUT2D eigenvalue weighted by atomic mass is 35.5. The van der Waals surface area contributed by atoms with Crippen LogP contribution in [0.2, 0.25) is 5.02 Å². The van der Waals surface area contributed by atoms with E-state index in [-0.39, 0.29) is 0 Å². The molecule has 0 aromatic heterocycles. The van der Waals surface area contributed by atoms with E-state index in [1.165, 1.54) is 5.56 Å². The number of rotatable bonds is 5. The highest BCUT2D eigenvalue weighted by molar-refractivity contribution is 6.32. The zero-order valence-electron chi connectivity index (χ0n) is 10.3. The van der Waals surface area contributed by atoms with Crippen molar-refractivity contribution in [1.82, 2.24) is 0 Å². The van der Waals surface area contributed by atoms with Gasteiger partial charge in [0.15, 0.2) is 0 Å². The standard InChI is InChI=1S/C15H16ClNO/c1-12-6-2-4-8-14(12)17-10-11-18-15-9-5-3-7-13(15)16/h2-9,17H,10-11H2,1H3. The molecule has 2 nitrogen and oxygen atoms in total. The third-order valence-corrected chi connectivity index (χ3v) is 2.97. The van der Waals surface area contributed by atoms with Crippen molar-refractivity contribution in [2.75, 3.05) is 18.5 Å². The highest BCUT2D eigenvalue weighted by Gasteiger charge is 1.99. The van der Waals surface area contributed by atoms with Crippen LogP contribution in [0.3, 0.4) is 0 Å². The predicted molar refractivity (Wildman–Crippen MR) is 76.6 cm³/mol. The first kappa shape index (κ1) is 12.8. The van der Waals surface area contributed by atoms with Crippen LogP contribution in [-0.2, 0) is 0 Å². The fourth-order valence-corrected chi connectivity index (χ4v) is 1.87. The van der Waals surface area contributed by atoms with E-state index < -0.39 is 0 Å². The minimum Gasteiger partial charge on any atom is -0.490 e. The van der Waals surface area contributed by atoms with Gasteiger partial charge < -0.3 is 10.1 Å². The van der Waals surface area contributed by atoms with Crippen LogP contribution in [0.1, 0.15) is 5.56 Å². The van der Waals surface area contributed by atoms with Gasteiger partial charge in [-0.05, 0) is 30.7 Å². The number of halogens is 1. The molecule has 0 aliphatic rings. The van der Waals surface area contributed by atoms with Crippen LogP contribution in [0.25, 0.3) is 0 Å². The largest absolute Gasteiger partial charge is 0.490 e. The first-order valence-electron chi connectivity index (χ1n) is 5.94. The van der Waals surface area contributed by atoms with Crippen LogP contribution >= 0.6 is 11.6 Å². The molecule has 3 heteroatoms. The highest BCUT2D eigenvalue weighted by Crippen LogP contribution is 2.22. The first-order valence-corrected chi connectivity index (χ1v) is 6.32. The molecule has 2 rings (SSSR count). The molecule has 0 saturated carbocycles. The van der Waals surface area contributed by atoms with Crippen LogP contribution in [0.5, 0.6) is 5.75 Å². The van der Waals surface area contributed by atoms with E-state index in [1.807, 2.05) is 36.4 Å². The van der Waals surface area contributed by atoms with Crippen molar-refractivity contribution in [3.63, 3.8) is 0 Å². The van der Waals surface area contributed by atoms with Gasteiger partial charge in [0.25, 0.3) is 0 Å². The van der Waals surface area contributed by atoms with Crippen molar-refractivity contribution in [3.8, 4) is 5.75 Å². The smallest absolute Gasteiger partial charge is 0.137 e. The second-order valence-corrected chi connectivity index (χ2v) is 4.43. The lowest BCUT2D eigenvalue weighted by molar-refractivity contribution is 0.333. The molecule has 2 aromatic rings. The lowest BCUT2D eigenvalue weighted by Gasteiger charge is -2.11. The number of ether oxygens (including phenoxy) is 1. The molecule has 0 fully saturated rings. The first-order chi connectivity index (χ1) is 8.77. The minimum atomic E-state index is 0.581. The topological polar surface area (TPSA) is 21.3 Å². The maximum atomic E-state index is 6.00. The minimum absolute atomic E-state index is 0.581. The van der Waals surface area contributed by atoms with Gasteiger partial charge >= 0.3 is 0 Å². The van der Waals surface area contributed by atoms with Crippen molar-refractivity contribution in [2.24, 2.45) is 0 Å². The van der Waals surface area contributed by atoms with Crippen LogP contribution in [0, 0.1) is 6.92 Å². The summed E-state index contributed by atoms with van der Waals surface area (Å²) >= 11 is 6.00. The van der Waals surface area contributed by atoms with Gasteiger partial charge in [-0.3, -0.25) is 0 Å². The monoisotopic (exact) mass is 261 g/mol. The van der Waals surface area contributed by atoms with Gasteiger partial charge in [-0.2, -0.15) is 0 Å². The van der Waals surface area contributed by atoms with E-state index in [9.17, 15) is 0 Å². The molecule has 0 bridgehead atoms. The molecule has 0 heterocycles. The molecule has 18 heavy (non-hydrogen) atoms. The maximum Gasteiger partial charge on any atom is 0.137 e. The van der Waals surface area contributed by atoms with Gasteiger partial charge in [0.1, 0.15) is 12.4 Å². The van der Waals surface area contributed by atoms with Gasteiger partial charge in [-0.25, -0.2) is 0 Å². The van der Waals surface area contributed by atoms with Gasteiger partial charge in [0.2, 0.25) is 0 Å². The van der Waals surface area contributed by atoms with E-state index in [1.54, 1.807) is 0 Å². The number of aryl methyl sites for hydroxylation is 1. The summed E-state index contributed by atoms with van der Waals surface area (Å²) in [6.07, 6.45) is 0. The second-order valence-electron chi connectivity index (χ2n) is 4.02. The molecular formula is C15H16ClNO. The van der Waals surface area contributed by atoms with E-state index in [0.29, 0.717) is 11.6 Å². The van der Waals surface area contributed by atoms with E-state index in [0.717, 1.165) is 18.0 Å². The molecular weight excluding hydrogens is 246 g/mol. The summed E-state index contributed by atoms with van der Waals surface area (Å²) in [4.78, 5) is 0. The molecule has 0 atom stereocenters. The molecule has 0 aliphatic heterocycles. The Balaban J connectivity index is 1.80. The summed E-state index contributed by atoms with van der Waals surface area (Å²) in [7, 11) is 0. The number of hydrogen-bond donors (Lipinski definition) is 1. The van der Waals surface area contributed by atoms with E-state index in [4.69, 9.17) is 16.3 Å².